The number of nitrogens with zero attached hydrogens (tertiary/aromatic N) is 3. The van der Waals surface area contributed by atoms with Crippen LogP contribution in [0.25, 0.3) is 11.0 Å². The Balaban J connectivity index is 2.16. The standard InChI is InChI=1S/C12H16N4O4S2/c1-16(8-11(17)13-6-7-20-2)22(18,19)10-5-3-4-9-12(10)15-21-14-9/h3-5H,6-8H2,1-2H3,(H,13,17). The van der Waals surface area contributed by atoms with Gasteiger partial charge in [-0.1, -0.05) is 6.07 Å². The SMILES string of the molecule is COCCNC(=O)CN(C)S(=O)(=O)c1cccc2nsnc12. The number of hydrogen-bond acceptors (Lipinski definition) is 7. The lowest BCUT2D eigenvalue weighted by molar-refractivity contribution is -0.121. The fraction of sp³-hybridized carbons (Fsp3) is 0.417. The normalized spacial score (nSPS) is 12.0. The topological polar surface area (TPSA) is 101 Å². The molecule has 0 fully saturated rings. The number of sulfonamides is 1. The van der Waals surface area contributed by atoms with Crippen LogP contribution in [0.15, 0.2) is 23.1 Å². The van der Waals surface area contributed by atoms with Crippen molar-refractivity contribution in [3.8, 4) is 0 Å². The number of methoxy groups -OCH3 is 1. The van der Waals surface area contributed by atoms with E-state index < -0.39 is 15.9 Å². The summed E-state index contributed by atoms with van der Waals surface area (Å²) in [7, 11) is -0.946. The maximum absolute atomic E-state index is 12.6. The van der Waals surface area contributed by atoms with Crippen LogP contribution in [-0.2, 0) is 19.6 Å². The molecule has 22 heavy (non-hydrogen) atoms. The molecular weight excluding hydrogens is 328 g/mol. The summed E-state index contributed by atoms with van der Waals surface area (Å²) >= 11 is 0.946. The van der Waals surface area contributed by atoms with Gasteiger partial charge in [-0.3, -0.25) is 4.79 Å². The van der Waals surface area contributed by atoms with Gasteiger partial charge in [0, 0.05) is 20.7 Å². The van der Waals surface area contributed by atoms with E-state index in [0.717, 1.165) is 16.0 Å². The molecule has 1 aromatic heterocycles. The first-order valence-corrected chi connectivity index (χ1v) is 8.57. The average molecular weight is 344 g/mol. The third kappa shape index (κ3) is 3.58. The fourth-order valence-corrected chi connectivity index (χ4v) is 3.67. The van der Waals surface area contributed by atoms with Crippen LogP contribution in [0.5, 0.6) is 0 Å². The number of ether oxygens (including phenoxy) is 1. The molecule has 0 bridgehead atoms. The van der Waals surface area contributed by atoms with Crippen molar-refractivity contribution in [2.45, 2.75) is 4.90 Å². The third-order valence-electron chi connectivity index (χ3n) is 2.93. The molecule has 1 heterocycles. The first kappa shape index (κ1) is 16.7. The Morgan fingerprint density at radius 2 is 2.18 bits per heavy atom. The van der Waals surface area contributed by atoms with Gasteiger partial charge in [-0.2, -0.15) is 13.1 Å². The zero-order valence-corrected chi connectivity index (χ0v) is 13.8. The number of carbonyl (C=O) groups excluding carboxylic acids is 1. The van der Waals surface area contributed by atoms with E-state index in [1.54, 1.807) is 12.1 Å². The Morgan fingerprint density at radius 3 is 2.91 bits per heavy atom. The van der Waals surface area contributed by atoms with Crippen molar-refractivity contribution in [2.75, 3.05) is 33.9 Å². The Labute approximate surface area is 132 Å². The van der Waals surface area contributed by atoms with Crippen molar-refractivity contribution >= 4 is 38.7 Å². The van der Waals surface area contributed by atoms with E-state index in [2.05, 4.69) is 14.1 Å². The Morgan fingerprint density at radius 1 is 1.41 bits per heavy atom. The van der Waals surface area contributed by atoms with Crippen molar-refractivity contribution < 1.29 is 17.9 Å². The monoisotopic (exact) mass is 344 g/mol. The molecule has 0 unspecified atom stereocenters. The molecular formula is C12H16N4O4S2. The van der Waals surface area contributed by atoms with Gasteiger partial charge in [-0.25, -0.2) is 8.42 Å². The molecule has 0 aliphatic heterocycles. The maximum Gasteiger partial charge on any atom is 0.245 e. The summed E-state index contributed by atoms with van der Waals surface area (Å²) in [6.07, 6.45) is 0. The molecule has 2 rings (SSSR count). The Kier molecular flexibility index (Phi) is 5.40. The van der Waals surface area contributed by atoms with Gasteiger partial charge < -0.3 is 10.1 Å². The van der Waals surface area contributed by atoms with Gasteiger partial charge in [0.25, 0.3) is 0 Å². The average Bonchev–Trinajstić information content (AvgIpc) is 2.95. The highest BCUT2D eigenvalue weighted by molar-refractivity contribution is 7.89. The van der Waals surface area contributed by atoms with Gasteiger partial charge in [0.05, 0.1) is 24.9 Å². The van der Waals surface area contributed by atoms with Crippen LogP contribution in [0.4, 0.5) is 0 Å². The zero-order chi connectivity index (χ0) is 16.2. The smallest absolute Gasteiger partial charge is 0.245 e. The minimum absolute atomic E-state index is 0.0472. The lowest BCUT2D eigenvalue weighted by Gasteiger charge is -2.17. The van der Waals surface area contributed by atoms with Gasteiger partial charge in [0.1, 0.15) is 15.9 Å². The summed E-state index contributed by atoms with van der Waals surface area (Å²) in [5.74, 6) is -0.397. The van der Waals surface area contributed by atoms with Crippen LogP contribution in [0.3, 0.4) is 0 Å². The van der Waals surface area contributed by atoms with Gasteiger partial charge >= 0.3 is 0 Å². The van der Waals surface area contributed by atoms with Crippen molar-refractivity contribution in [3.05, 3.63) is 18.2 Å². The lowest BCUT2D eigenvalue weighted by Crippen LogP contribution is -2.39. The van der Waals surface area contributed by atoms with E-state index in [1.807, 2.05) is 0 Å². The Bertz CT molecular complexity index is 759. The molecule has 1 N–H and O–H groups in total. The van der Waals surface area contributed by atoms with Crippen LogP contribution in [0.1, 0.15) is 0 Å². The van der Waals surface area contributed by atoms with Crippen molar-refractivity contribution in [1.82, 2.24) is 18.4 Å². The second-order valence-electron chi connectivity index (χ2n) is 4.49. The van der Waals surface area contributed by atoms with Crippen LogP contribution >= 0.6 is 11.7 Å². The van der Waals surface area contributed by atoms with Gasteiger partial charge in [-0.15, -0.1) is 0 Å². The summed E-state index contributed by atoms with van der Waals surface area (Å²) in [6.45, 7) is 0.417. The maximum atomic E-state index is 12.6. The highest BCUT2D eigenvalue weighted by Gasteiger charge is 2.26. The summed E-state index contributed by atoms with van der Waals surface area (Å²) in [5, 5.41) is 2.57. The molecule has 0 aliphatic carbocycles. The van der Waals surface area contributed by atoms with Crippen molar-refractivity contribution in [1.29, 1.82) is 0 Å². The van der Waals surface area contributed by atoms with Crippen molar-refractivity contribution in [2.24, 2.45) is 0 Å². The largest absolute Gasteiger partial charge is 0.383 e. The molecule has 0 spiro atoms. The summed E-state index contributed by atoms with van der Waals surface area (Å²) in [4.78, 5) is 11.8. The minimum Gasteiger partial charge on any atom is -0.383 e. The number of carbonyl (C=O) groups is 1. The molecule has 0 radical (unpaired) electrons. The highest BCUT2D eigenvalue weighted by atomic mass is 32.2. The molecule has 1 aromatic carbocycles. The predicted molar refractivity (Wildman–Crippen MR) is 82.1 cm³/mol. The van der Waals surface area contributed by atoms with E-state index in [1.165, 1.54) is 20.2 Å². The number of rotatable bonds is 7. The second-order valence-corrected chi connectivity index (χ2v) is 7.03. The van der Waals surface area contributed by atoms with Gasteiger partial charge in [0.15, 0.2) is 0 Å². The number of amides is 1. The fourth-order valence-electron chi connectivity index (χ4n) is 1.79. The molecule has 0 saturated carbocycles. The van der Waals surface area contributed by atoms with E-state index in [9.17, 15) is 13.2 Å². The van der Waals surface area contributed by atoms with E-state index in [0.29, 0.717) is 24.2 Å². The zero-order valence-electron chi connectivity index (χ0n) is 12.1. The molecule has 1 amide bonds. The van der Waals surface area contributed by atoms with E-state index >= 15 is 0 Å². The highest BCUT2D eigenvalue weighted by Crippen LogP contribution is 2.23. The first-order valence-electron chi connectivity index (χ1n) is 6.40. The molecule has 10 heteroatoms. The molecule has 8 nitrogen and oxygen atoms in total. The number of hydrogen-bond donors (Lipinski definition) is 1. The predicted octanol–water partition coefficient (Wildman–Crippen LogP) is 0.0744. The van der Waals surface area contributed by atoms with Crippen LogP contribution in [0.2, 0.25) is 0 Å². The lowest BCUT2D eigenvalue weighted by atomic mass is 10.3. The molecule has 0 atom stereocenters. The summed E-state index contributed by atoms with van der Waals surface area (Å²) in [5.41, 5.74) is 0.836. The van der Waals surface area contributed by atoms with Gasteiger partial charge in [0.2, 0.25) is 15.9 Å². The van der Waals surface area contributed by atoms with Crippen LogP contribution < -0.4 is 5.32 Å². The number of likely N-dealkylation sites (N-methyl/N-ethyl adjacent to an activating group) is 1. The molecule has 2 aromatic rings. The third-order valence-corrected chi connectivity index (χ3v) is 5.31. The van der Waals surface area contributed by atoms with Gasteiger partial charge in [-0.05, 0) is 12.1 Å². The quantitative estimate of drug-likeness (QED) is 0.714. The molecule has 0 aliphatic rings. The summed E-state index contributed by atoms with van der Waals surface area (Å²) in [6, 6.07) is 4.75. The first-order chi connectivity index (χ1) is 10.5. The van der Waals surface area contributed by atoms with Crippen molar-refractivity contribution in [3.63, 3.8) is 0 Å². The Hall–Kier alpha value is -1.62. The number of aromatic nitrogens is 2. The minimum atomic E-state index is -3.82. The van der Waals surface area contributed by atoms with Crippen LogP contribution in [0, 0.1) is 0 Å². The van der Waals surface area contributed by atoms with E-state index in [-0.39, 0.29) is 11.4 Å². The second kappa shape index (κ2) is 7.09. The van der Waals surface area contributed by atoms with E-state index in [4.69, 9.17) is 4.74 Å². The summed E-state index contributed by atoms with van der Waals surface area (Å²) < 4.78 is 39.0. The molecule has 120 valence electrons. The van der Waals surface area contributed by atoms with Crippen LogP contribution in [-0.4, -0.2) is 61.2 Å². The molecule has 0 saturated heterocycles. The number of nitrogens with one attached hydrogen (secondary N) is 1. The number of fused-ring (bicyclic) bond motifs is 1. The number of benzene rings is 1.